The van der Waals surface area contributed by atoms with E-state index in [-0.39, 0.29) is 17.9 Å². The van der Waals surface area contributed by atoms with Gasteiger partial charge in [0.2, 0.25) is 0 Å². The molecule has 0 unspecified atom stereocenters. The van der Waals surface area contributed by atoms with Crippen LogP contribution in [0.5, 0.6) is 0 Å². The molecule has 0 aliphatic rings. The fraction of sp³-hybridized carbons (Fsp3) is 0.0667. The SMILES string of the molecule is NCC#Cc1ccc(C(=O)Nc2cccc(F)c2F)nc1. The van der Waals surface area contributed by atoms with Gasteiger partial charge in [0.05, 0.1) is 12.2 Å². The molecule has 0 bridgehead atoms. The van der Waals surface area contributed by atoms with E-state index in [1.807, 2.05) is 0 Å². The number of benzene rings is 1. The van der Waals surface area contributed by atoms with Crippen LogP contribution in [0.1, 0.15) is 16.1 Å². The quantitative estimate of drug-likeness (QED) is 0.829. The van der Waals surface area contributed by atoms with Crippen LogP contribution in [0.2, 0.25) is 0 Å². The third-order valence-corrected chi connectivity index (χ3v) is 2.53. The molecule has 0 aliphatic carbocycles. The van der Waals surface area contributed by atoms with E-state index >= 15 is 0 Å². The highest BCUT2D eigenvalue weighted by Crippen LogP contribution is 2.17. The monoisotopic (exact) mass is 287 g/mol. The molecular formula is C15H11F2N3O. The third kappa shape index (κ3) is 3.61. The lowest BCUT2D eigenvalue weighted by Crippen LogP contribution is -2.15. The van der Waals surface area contributed by atoms with E-state index in [1.165, 1.54) is 24.4 Å². The van der Waals surface area contributed by atoms with E-state index < -0.39 is 17.5 Å². The van der Waals surface area contributed by atoms with E-state index in [0.29, 0.717) is 5.56 Å². The minimum absolute atomic E-state index is 0.0666. The number of nitrogens with two attached hydrogens (primary N) is 1. The van der Waals surface area contributed by atoms with Crippen molar-refractivity contribution >= 4 is 11.6 Å². The number of pyridine rings is 1. The molecule has 0 radical (unpaired) electrons. The second-order valence-corrected chi connectivity index (χ2v) is 3.99. The average Bonchev–Trinajstić information content (AvgIpc) is 2.50. The molecule has 0 aliphatic heterocycles. The van der Waals surface area contributed by atoms with E-state index in [0.717, 1.165) is 6.07 Å². The molecule has 0 saturated carbocycles. The summed E-state index contributed by atoms with van der Waals surface area (Å²) in [5, 5.41) is 2.26. The number of anilines is 1. The van der Waals surface area contributed by atoms with Crippen molar-refractivity contribution in [2.75, 3.05) is 11.9 Å². The lowest BCUT2D eigenvalue weighted by atomic mass is 10.2. The van der Waals surface area contributed by atoms with Crippen molar-refractivity contribution in [2.45, 2.75) is 0 Å². The highest BCUT2D eigenvalue weighted by atomic mass is 19.2. The topological polar surface area (TPSA) is 68.0 Å². The first-order chi connectivity index (χ1) is 10.1. The zero-order valence-corrected chi connectivity index (χ0v) is 10.9. The second-order valence-electron chi connectivity index (χ2n) is 3.99. The summed E-state index contributed by atoms with van der Waals surface area (Å²) in [5.41, 5.74) is 5.67. The van der Waals surface area contributed by atoms with E-state index in [9.17, 15) is 13.6 Å². The molecule has 0 atom stereocenters. The molecule has 1 aromatic heterocycles. The maximum Gasteiger partial charge on any atom is 0.274 e. The Hall–Kier alpha value is -2.78. The average molecular weight is 287 g/mol. The van der Waals surface area contributed by atoms with Gasteiger partial charge in [-0.1, -0.05) is 17.9 Å². The predicted molar refractivity (Wildman–Crippen MR) is 74.5 cm³/mol. The Morgan fingerprint density at radius 1 is 1.29 bits per heavy atom. The van der Waals surface area contributed by atoms with Gasteiger partial charge >= 0.3 is 0 Å². The smallest absolute Gasteiger partial charge is 0.274 e. The number of carbonyl (C=O) groups excluding carboxylic acids is 1. The Morgan fingerprint density at radius 2 is 2.10 bits per heavy atom. The van der Waals surface area contributed by atoms with Crippen LogP contribution in [-0.4, -0.2) is 17.4 Å². The van der Waals surface area contributed by atoms with Gasteiger partial charge in [0.1, 0.15) is 5.69 Å². The molecule has 1 aromatic carbocycles. The van der Waals surface area contributed by atoms with Crippen molar-refractivity contribution in [1.29, 1.82) is 0 Å². The minimum atomic E-state index is -1.11. The van der Waals surface area contributed by atoms with Crippen molar-refractivity contribution in [1.82, 2.24) is 4.98 Å². The number of hydrogen-bond acceptors (Lipinski definition) is 3. The van der Waals surface area contributed by atoms with Crippen molar-refractivity contribution in [3.63, 3.8) is 0 Å². The molecule has 0 fully saturated rings. The largest absolute Gasteiger partial charge is 0.320 e. The van der Waals surface area contributed by atoms with Crippen molar-refractivity contribution in [3.8, 4) is 11.8 Å². The fourth-order valence-corrected chi connectivity index (χ4v) is 1.54. The standard InChI is InChI=1S/C15H11F2N3O/c16-11-4-1-5-12(14(11)17)20-15(21)13-7-6-10(9-19-13)3-2-8-18/h1,4-7,9H,8,18H2,(H,20,21). The maximum atomic E-state index is 13.4. The summed E-state index contributed by atoms with van der Waals surface area (Å²) < 4.78 is 26.5. The van der Waals surface area contributed by atoms with E-state index in [4.69, 9.17) is 5.73 Å². The van der Waals surface area contributed by atoms with Gasteiger partial charge in [-0.25, -0.2) is 13.8 Å². The van der Waals surface area contributed by atoms with Gasteiger partial charge in [-0.05, 0) is 24.3 Å². The zero-order valence-electron chi connectivity index (χ0n) is 10.9. The van der Waals surface area contributed by atoms with Gasteiger partial charge < -0.3 is 11.1 Å². The summed E-state index contributed by atoms with van der Waals surface area (Å²) in [4.78, 5) is 15.8. The molecular weight excluding hydrogens is 276 g/mol. The Morgan fingerprint density at radius 3 is 2.76 bits per heavy atom. The van der Waals surface area contributed by atoms with Gasteiger partial charge in [0, 0.05) is 11.8 Å². The first-order valence-corrected chi connectivity index (χ1v) is 6.02. The highest BCUT2D eigenvalue weighted by molar-refractivity contribution is 6.02. The summed E-state index contributed by atoms with van der Waals surface area (Å²) in [6.07, 6.45) is 1.40. The number of halogens is 2. The van der Waals surface area contributed by atoms with Gasteiger partial charge in [-0.15, -0.1) is 0 Å². The van der Waals surface area contributed by atoms with Crippen LogP contribution in [-0.2, 0) is 0 Å². The molecule has 0 saturated heterocycles. The molecule has 1 heterocycles. The van der Waals surface area contributed by atoms with Crippen molar-refractivity contribution in [3.05, 3.63) is 59.4 Å². The predicted octanol–water partition coefficient (Wildman–Crippen LogP) is 1.92. The van der Waals surface area contributed by atoms with Crippen LogP contribution in [0.25, 0.3) is 0 Å². The number of rotatable bonds is 2. The fourth-order valence-electron chi connectivity index (χ4n) is 1.54. The Balaban J connectivity index is 2.15. The lowest BCUT2D eigenvalue weighted by molar-refractivity contribution is 0.102. The molecule has 2 rings (SSSR count). The molecule has 106 valence electrons. The number of amides is 1. The van der Waals surface area contributed by atoms with Crippen LogP contribution in [0.3, 0.4) is 0 Å². The van der Waals surface area contributed by atoms with Crippen molar-refractivity contribution < 1.29 is 13.6 Å². The Kier molecular flexibility index (Phi) is 4.59. The summed E-state index contributed by atoms with van der Waals surface area (Å²) in [5.74, 6) is 2.62. The third-order valence-electron chi connectivity index (χ3n) is 2.53. The van der Waals surface area contributed by atoms with E-state index in [2.05, 4.69) is 22.1 Å². The Labute approximate surface area is 120 Å². The maximum absolute atomic E-state index is 13.4. The highest BCUT2D eigenvalue weighted by Gasteiger charge is 2.12. The number of carbonyl (C=O) groups is 1. The Bertz CT molecular complexity index is 718. The summed E-state index contributed by atoms with van der Waals surface area (Å²) in [6.45, 7) is 0.223. The second kappa shape index (κ2) is 6.59. The normalized spacial score (nSPS) is 9.67. The van der Waals surface area contributed by atoms with Gasteiger partial charge in [-0.2, -0.15) is 0 Å². The van der Waals surface area contributed by atoms with Crippen LogP contribution < -0.4 is 11.1 Å². The first-order valence-electron chi connectivity index (χ1n) is 6.02. The molecule has 0 spiro atoms. The molecule has 2 aromatic rings. The molecule has 21 heavy (non-hydrogen) atoms. The molecule has 1 amide bonds. The minimum Gasteiger partial charge on any atom is -0.320 e. The van der Waals surface area contributed by atoms with Crippen LogP contribution in [0.15, 0.2) is 36.5 Å². The van der Waals surface area contributed by atoms with Gasteiger partial charge in [0.25, 0.3) is 5.91 Å². The van der Waals surface area contributed by atoms with Crippen LogP contribution >= 0.6 is 0 Å². The summed E-state index contributed by atoms with van der Waals surface area (Å²) in [7, 11) is 0. The van der Waals surface area contributed by atoms with Crippen LogP contribution in [0.4, 0.5) is 14.5 Å². The number of nitrogens with zero attached hydrogens (tertiary/aromatic N) is 1. The summed E-state index contributed by atoms with van der Waals surface area (Å²) in [6, 6.07) is 6.55. The molecule has 3 N–H and O–H groups in total. The number of aromatic nitrogens is 1. The van der Waals surface area contributed by atoms with Gasteiger partial charge in [0.15, 0.2) is 11.6 Å². The van der Waals surface area contributed by atoms with E-state index in [1.54, 1.807) is 6.07 Å². The number of hydrogen-bond donors (Lipinski definition) is 2. The van der Waals surface area contributed by atoms with Gasteiger partial charge in [-0.3, -0.25) is 4.79 Å². The zero-order chi connectivity index (χ0) is 15.2. The number of nitrogens with one attached hydrogen (secondary N) is 1. The van der Waals surface area contributed by atoms with Crippen molar-refractivity contribution in [2.24, 2.45) is 5.73 Å². The molecule has 4 nitrogen and oxygen atoms in total. The molecule has 6 heteroatoms. The summed E-state index contributed by atoms with van der Waals surface area (Å²) >= 11 is 0. The first kappa shape index (κ1) is 14.6. The van der Waals surface area contributed by atoms with Crippen LogP contribution in [0, 0.1) is 23.5 Å². The lowest BCUT2D eigenvalue weighted by Gasteiger charge is -2.06.